The van der Waals surface area contributed by atoms with Crippen LogP contribution in [0.3, 0.4) is 0 Å². The van der Waals surface area contributed by atoms with Crippen LogP contribution in [0.2, 0.25) is 0 Å². The van der Waals surface area contributed by atoms with Crippen LogP contribution in [0.1, 0.15) is 19.0 Å². The number of carbonyl (C=O) groups excluding carboxylic acids is 2. The Kier molecular flexibility index (Phi) is 4.89. The van der Waals surface area contributed by atoms with Gasteiger partial charge in [0.2, 0.25) is 0 Å². The van der Waals surface area contributed by atoms with E-state index in [1.165, 1.54) is 11.0 Å². The third-order valence-corrected chi connectivity index (χ3v) is 4.45. The normalized spacial score (nSPS) is 13.0. The predicted octanol–water partition coefficient (Wildman–Crippen LogP) is 3.65. The van der Waals surface area contributed by atoms with E-state index in [0.29, 0.717) is 17.9 Å². The van der Waals surface area contributed by atoms with Crippen molar-refractivity contribution in [3.05, 3.63) is 79.1 Å². The molecular formula is C21H19N3O2. The number of para-hydroxylation sites is 1. The van der Waals surface area contributed by atoms with E-state index in [1.54, 1.807) is 30.5 Å². The van der Waals surface area contributed by atoms with Crippen LogP contribution in [0, 0.1) is 0 Å². The molecule has 5 nitrogen and oxygen atoms in total. The van der Waals surface area contributed by atoms with Gasteiger partial charge in [-0.05, 0) is 36.8 Å². The van der Waals surface area contributed by atoms with Crippen LogP contribution in [0.25, 0.3) is 10.9 Å². The average molecular weight is 345 g/mol. The molecule has 3 aromatic rings. The zero-order valence-electron chi connectivity index (χ0n) is 14.5. The maximum atomic E-state index is 12.7. The Morgan fingerprint density at radius 3 is 2.58 bits per heavy atom. The fourth-order valence-corrected chi connectivity index (χ4v) is 3.05. The SMILES string of the molecule is C=CC(=O)N(c1ccccn1)C(C=O)(CC)c1ccc2ccccc2n1. The van der Waals surface area contributed by atoms with Crippen molar-refractivity contribution in [3.63, 3.8) is 0 Å². The lowest BCUT2D eigenvalue weighted by molar-refractivity contribution is -0.120. The summed E-state index contributed by atoms with van der Waals surface area (Å²) in [7, 11) is 0. The number of pyridine rings is 2. The van der Waals surface area contributed by atoms with Gasteiger partial charge < -0.3 is 4.79 Å². The van der Waals surface area contributed by atoms with Crippen molar-refractivity contribution in [1.29, 1.82) is 0 Å². The molecule has 1 atom stereocenters. The molecule has 2 aromatic heterocycles. The van der Waals surface area contributed by atoms with E-state index in [2.05, 4.69) is 16.5 Å². The molecule has 26 heavy (non-hydrogen) atoms. The summed E-state index contributed by atoms with van der Waals surface area (Å²) in [5.41, 5.74) is -0.0184. The zero-order chi connectivity index (χ0) is 18.6. The second kappa shape index (κ2) is 7.27. The van der Waals surface area contributed by atoms with Gasteiger partial charge in [-0.25, -0.2) is 9.97 Å². The number of carbonyl (C=O) groups is 2. The molecule has 130 valence electrons. The number of fused-ring (bicyclic) bond motifs is 1. The zero-order valence-corrected chi connectivity index (χ0v) is 14.5. The van der Waals surface area contributed by atoms with E-state index >= 15 is 0 Å². The van der Waals surface area contributed by atoms with Crippen molar-refractivity contribution in [2.24, 2.45) is 0 Å². The summed E-state index contributed by atoms with van der Waals surface area (Å²) in [6.07, 6.45) is 3.87. The van der Waals surface area contributed by atoms with Gasteiger partial charge in [0.15, 0.2) is 6.29 Å². The molecule has 0 radical (unpaired) electrons. The molecule has 1 aromatic carbocycles. The van der Waals surface area contributed by atoms with Gasteiger partial charge in [0.05, 0.1) is 11.2 Å². The quantitative estimate of drug-likeness (QED) is 0.505. The first-order chi connectivity index (χ1) is 12.7. The van der Waals surface area contributed by atoms with Crippen molar-refractivity contribution in [2.75, 3.05) is 4.90 Å². The highest BCUT2D eigenvalue weighted by atomic mass is 16.2. The van der Waals surface area contributed by atoms with Gasteiger partial charge in [0, 0.05) is 11.6 Å². The number of hydrogen-bond donors (Lipinski definition) is 0. The Bertz CT molecular complexity index is 956. The van der Waals surface area contributed by atoms with Crippen molar-refractivity contribution in [1.82, 2.24) is 9.97 Å². The predicted molar refractivity (Wildman–Crippen MR) is 102 cm³/mol. The minimum absolute atomic E-state index is 0.345. The lowest BCUT2D eigenvalue weighted by atomic mass is 9.89. The van der Waals surface area contributed by atoms with Crippen LogP contribution < -0.4 is 4.90 Å². The van der Waals surface area contributed by atoms with Gasteiger partial charge in [-0.2, -0.15) is 0 Å². The van der Waals surface area contributed by atoms with Gasteiger partial charge in [-0.3, -0.25) is 9.69 Å². The van der Waals surface area contributed by atoms with E-state index in [1.807, 2.05) is 37.3 Å². The third-order valence-electron chi connectivity index (χ3n) is 4.45. The molecular weight excluding hydrogens is 326 g/mol. The number of benzene rings is 1. The minimum atomic E-state index is -1.27. The molecule has 1 unspecified atom stereocenters. The number of aromatic nitrogens is 2. The number of rotatable bonds is 6. The van der Waals surface area contributed by atoms with Crippen LogP contribution in [-0.2, 0) is 15.1 Å². The molecule has 0 N–H and O–H groups in total. The lowest BCUT2D eigenvalue weighted by Crippen LogP contribution is -2.51. The summed E-state index contributed by atoms with van der Waals surface area (Å²) < 4.78 is 0. The first-order valence-corrected chi connectivity index (χ1v) is 8.36. The van der Waals surface area contributed by atoms with E-state index in [4.69, 9.17) is 0 Å². The fraction of sp³-hybridized carbons (Fsp3) is 0.143. The standard InChI is InChI=1S/C21H19N3O2/c1-3-20(26)24(19-11-7-8-14-22-19)21(4-2,15-25)18-13-12-16-9-5-6-10-17(16)23-18/h3,5-15H,1,4H2,2H3. The lowest BCUT2D eigenvalue weighted by Gasteiger charge is -2.37. The van der Waals surface area contributed by atoms with E-state index in [-0.39, 0.29) is 0 Å². The molecule has 0 spiro atoms. The molecule has 0 aliphatic rings. The summed E-state index contributed by atoms with van der Waals surface area (Å²) in [4.78, 5) is 35.3. The Hall–Kier alpha value is -3.34. The molecule has 0 aliphatic heterocycles. The van der Waals surface area contributed by atoms with Crippen LogP contribution in [0.5, 0.6) is 0 Å². The summed E-state index contributed by atoms with van der Waals surface area (Å²) in [5, 5.41) is 0.964. The smallest absolute Gasteiger partial charge is 0.252 e. The largest absolute Gasteiger partial charge is 0.300 e. The number of hydrogen-bond acceptors (Lipinski definition) is 4. The fourth-order valence-electron chi connectivity index (χ4n) is 3.05. The first kappa shape index (κ1) is 17.5. The molecule has 0 saturated carbocycles. The first-order valence-electron chi connectivity index (χ1n) is 8.36. The number of anilines is 1. The van der Waals surface area contributed by atoms with Gasteiger partial charge in [0.25, 0.3) is 5.91 Å². The number of amides is 1. The van der Waals surface area contributed by atoms with Crippen molar-refractivity contribution >= 4 is 28.9 Å². The van der Waals surface area contributed by atoms with Crippen LogP contribution in [-0.4, -0.2) is 22.2 Å². The average Bonchev–Trinajstić information content (AvgIpc) is 2.72. The Labute approximate surface area is 152 Å². The number of aldehydes is 1. The third kappa shape index (κ3) is 2.88. The molecule has 0 saturated heterocycles. The van der Waals surface area contributed by atoms with E-state index < -0.39 is 11.4 Å². The highest BCUT2D eigenvalue weighted by molar-refractivity contribution is 6.04. The highest BCUT2D eigenvalue weighted by Gasteiger charge is 2.42. The summed E-state index contributed by atoms with van der Waals surface area (Å²) in [6, 6.07) is 16.5. The van der Waals surface area contributed by atoms with Gasteiger partial charge >= 0.3 is 0 Å². The Balaban J connectivity index is 2.25. The maximum Gasteiger partial charge on any atom is 0.252 e. The van der Waals surface area contributed by atoms with Crippen molar-refractivity contribution in [2.45, 2.75) is 18.9 Å². The van der Waals surface area contributed by atoms with E-state index in [0.717, 1.165) is 17.2 Å². The molecule has 0 aliphatic carbocycles. The Morgan fingerprint density at radius 1 is 1.15 bits per heavy atom. The highest BCUT2D eigenvalue weighted by Crippen LogP contribution is 2.34. The molecule has 0 fully saturated rings. The summed E-state index contributed by atoms with van der Waals surface area (Å²) >= 11 is 0. The summed E-state index contributed by atoms with van der Waals surface area (Å²) in [5.74, 6) is -0.0334. The summed E-state index contributed by atoms with van der Waals surface area (Å²) in [6.45, 7) is 5.42. The Morgan fingerprint density at radius 2 is 1.92 bits per heavy atom. The van der Waals surface area contributed by atoms with Crippen LogP contribution in [0.15, 0.2) is 73.4 Å². The van der Waals surface area contributed by atoms with E-state index in [9.17, 15) is 9.59 Å². The minimum Gasteiger partial charge on any atom is -0.300 e. The van der Waals surface area contributed by atoms with Crippen LogP contribution >= 0.6 is 0 Å². The van der Waals surface area contributed by atoms with Crippen LogP contribution in [0.4, 0.5) is 5.82 Å². The molecule has 3 rings (SSSR count). The van der Waals surface area contributed by atoms with Gasteiger partial charge in [0.1, 0.15) is 11.4 Å². The topological polar surface area (TPSA) is 63.2 Å². The van der Waals surface area contributed by atoms with Gasteiger partial charge in [-0.15, -0.1) is 0 Å². The van der Waals surface area contributed by atoms with Crippen molar-refractivity contribution in [3.8, 4) is 0 Å². The second-order valence-electron chi connectivity index (χ2n) is 5.85. The second-order valence-corrected chi connectivity index (χ2v) is 5.85. The monoisotopic (exact) mass is 345 g/mol. The van der Waals surface area contributed by atoms with Gasteiger partial charge in [-0.1, -0.05) is 43.8 Å². The molecule has 5 heteroatoms. The molecule has 2 heterocycles. The molecule has 0 bridgehead atoms. The number of nitrogens with zero attached hydrogens (tertiary/aromatic N) is 3. The molecule has 1 amide bonds. The van der Waals surface area contributed by atoms with Crippen molar-refractivity contribution < 1.29 is 9.59 Å². The maximum absolute atomic E-state index is 12.7.